The van der Waals surface area contributed by atoms with Crippen molar-refractivity contribution in [1.82, 2.24) is 4.72 Å². The number of hydrogen-bond donors (Lipinski definition) is 2. The van der Waals surface area contributed by atoms with Crippen LogP contribution < -0.4 is 4.72 Å². The van der Waals surface area contributed by atoms with E-state index >= 15 is 0 Å². The van der Waals surface area contributed by atoms with Crippen LogP contribution in [0.15, 0.2) is 0 Å². The Morgan fingerprint density at radius 3 is 2.53 bits per heavy atom. The third kappa shape index (κ3) is 4.62. The van der Waals surface area contributed by atoms with Crippen LogP contribution in [0.25, 0.3) is 0 Å². The molecule has 0 radical (unpaired) electrons. The molecule has 0 aliphatic heterocycles. The predicted molar refractivity (Wildman–Crippen MR) is 64.6 cm³/mol. The summed E-state index contributed by atoms with van der Waals surface area (Å²) >= 11 is 0. The molecule has 0 heterocycles. The first-order valence-corrected chi connectivity index (χ1v) is 7.63. The molecule has 0 aromatic carbocycles. The van der Waals surface area contributed by atoms with Crippen LogP contribution in [0.1, 0.15) is 39.0 Å². The molecule has 0 atom stereocenters. The van der Waals surface area contributed by atoms with Crippen molar-refractivity contribution in [2.45, 2.75) is 44.6 Å². The van der Waals surface area contributed by atoms with E-state index in [0.717, 1.165) is 19.3 Å². The third-order valence-electron chi connectivity index (χ3n) is 3.49. The molecule has 6 heteroatoms. The summed E-state index contributed by atoms with van der Waals surface area (Å²) in [5.74, 6) is 0.0895. The second-order valence-corrected chi connectivity index (χ2v) is 6.62. The molecule has 98 valence electrons. The fraction of sp³-hybridized carbons (Fsp3) is 0.909. The minimum absolute atomic E-state index is 0.0213. The van der Waals surface area contributed by atoms with Crippen molar-refractivity contribution in [1.29, 1.82) is 5.26 Å². The molecule has 2 N–H and O–H groups in total. The molecule has 1 aliphatic carbocycles. The van der Waals surface area contributed by atoms with Crippen molar-refractivity contribution < 1.29 is 13.5 Å². The van der Waals surface area contributed by atoms with Gasteiger partial charge in [0.1, 0.15) is 0 Å². The highest BCUT2D eigenvalue weighted by atomic mass is 32.2. The maximum Gasteiger partial charge on any atom is 0.225 e. The molecule has 0 bridgehead atoms. The van der Waals surface area contributed by atoms with Gasteiger partial charge in [0.2, 0.25) is 10.0 Å². The topological polar surface area (TPSA) is 90.2 Å². The van der Waals surface area contributed by atoms with Gasteiger partial charge in [0.15, 0.2) is 5.75 Å². The van der Waals surface area contributed by atoms with Gasteiger partial charge < -0.3 is 5.11 Å². The Balaban J connectivity index is 2.45. The van der Waals surface area contributed by atoms with Crippen LogP contribution in [-0.4, -0.2) is 31.4 Å². The minimum Gasteiger partial charge on any atom is -0.389 e. The summed E-state index contributed by atoms with van der Waals surface area (Å²) in [6.07, 6.45) is 4.23. The van der Waals surface area contributed by atoms with E-state index in [9.17, 15) is 13.5 Å². The van der Waals surface area contributed by atoms with Gasteiger partial charge in [-0.05, 0) is 31.6 Å². The van der Waals surface area contributed by atoms with Gasteiger partial charge in [-0.1, -0.05) is 13.3 Å². The molecule has 0 unspecified atom stereocenters. The summed E-state index contributed by atoms with van der Waals surface area (Å²) in [4.78, 5) is 0. The second-order valence-electron chi connectivity index (χ2n) is 4.81. The fourth-order valence-electron chi connectivity index (χ4n) is 2.18. The Kier molecular flexibility index (Phi) is 4.92. The Morgan fingerprint density at radius 1 is 1.47 bits per heavy atom. The molecule has 0 aromatic rings. The number of nitrogens with one attached hydrogen (secondary N) is 1. The summed E-state index contributed by atoms with van der Waals surface area (Å²) in [6.45, 7) is 2.15. The van der Waals surface area contributed by atoms with Crippen molar-refractivity contribution in [3.05, 3.63) is 0 Å². The summed E-state index contributed by atoms with van der Waals surface area (Å²) < 4.78 is 24.9. The molecule has 1 fully saturated rings. The van der Waals surface area contributed by atoms with Crippen LogP contribution in [0, 0.1) is 17.2 Å². The molecule has 1 saturated carbocycles. The van der Waals surface area contributed by atoms with Crippen LogP contribution in [-0.2, 0) is 10.0 Å². The summed E-state index contributed by atoms with van der Waals surface area (Å²) in [5, 5.41) is 18.5. The Bertz CT molecular complexity index is 378. The van der Waals surface area contributed by atoms with Crippen LogP contribution in [0.5, 0.6) is 0 Å². The summed E-state index contributed by atoms with van der Waals surface area (Å²) in [7, 11) is -3.56. The lowest BCUT2D eigenvalue weighted by atomic mass is 9.78. The van der Waals surface area contributed by atoms with Gasteiger partial charge >= 0.3 is 0 Å². The normalized spacial score (nSPS) is 29.8. The number of sulfonamides is 1. The highest BCUT2D eigenvalue weighted by Crippen LogP contribution is 2.33. The van der Waals surface area contributed by atoms with Crippen molar-refractivity contribution in [3.63, 3.8) is 0 Å². The molecule has 0 spiro atoms. The van der Waals surface area contributed by atoms with E-state index in [1.165, 1.54) is 0 Å². The van der Waals surface area contributed by atoms with E-state index in [-0.39, 0.29) is 6.54 Å². The first kappa shape index (κ1) is 14.4. The lowest BCUT2D eigenvalue weighted by Crippen LogP contribution is -2.45. The van der Waals surface area contributed by atoms with Gasteiger partial charge in [-0.2, -0.15) is 5.26 Å². The SMILES string of the molecule is CCC1CCC(O)(CNS(=O)(=O)CC#N)CC1. The van der Waals surface area contributed by atoms with E-state index in [1.54, 1.807) is 6.07 Å². The van der Waals surface area contributed by atoms with Crippen molar-refractivity contribution in [3.8, 4) is 6.07 Å². The van der Waals surface area contributed by atoms with Crippen LogP contribution in [0.2, 0.25) is 0 Å². The Hall–Kier alpha value is -0.640. The zero-order chi connectivity index (χ0) is 12.9. The van der Waals surface area contributed by atoms with Crippen molar-refractivity contribution >= 4 is 10.0 Å². The quantitative estimate of drug-likeness (QED) is 0.763. The van der Waals surface area contributed by atoms with E-state index in [4.69, 9.17) is 5.26 Å². The second kappa shape index (κ2) is 5.80. The lowest BCUT2D eigenvalue weighted by Gasteiger charge is -2.35. The van der Waals surface area contributed by atoms with Crippen molar-refractivity contribution in [2.75, 3.05) is 12.3 Å². The minimum atomic E-state index is -3.56. The zero-order valence-corrected chi connectivity index (χ0v) is 11.0. The molecular weight excluding hydrogens is 240 g/mol. The summed E-state index contributed by atoms with van der Waals surface area (Å²) in [5.41, 5.74) is -0.936. The first-order valence-electron chi connectivity index (χ1n) is 5.97. The van der Waals surface area contributed by atoms with Gasteiger partial charge in [-0.15, -0.1) is 0 Å². The molecule has 0 amide bonds. The van der Waals surface area contributed by atoms with Crippen molar-refractivity contribution in [2.24, 2.45) is 5.92 Å². The zero-order valence-electron chi connectivity index (χ0n) is 10.1. The van der Waals surface area contributed by atoms with Gasteiger partial charge in [0, 0.05) is 6.54 Å². The first-order chi connectivity index (χ1) is 7.91. The maximum absolute atomic E-state index is 11.3. The third-order valence-corrected chi connectivity index (χ3v) is 4.58. The van der Waals surface area contributed by atoms with E-state index in [1.807, 2.05) is 0 Å². The van der Waals surface area contributed by atoms with E-state index in [0.29, 0.717) is 18.8 Å². The highest BCUT2D eigenvalue weighted by Gasteiger charge is 2.33. The van der Waals surface area contributed by atoms with Gasteiger partial charge in [-0.25, -0.2) is 13.1 Å². The maximum atomic E-state index is 11.3. The predicted octanol–water partition coefficient (Wildman–Crippen LogP) is 0.761. The molecule has 5 nitrogen and oxygen atoms in total. The molecule has 1 aliphatic rings. The monoisotopic (exact) mass is 260 g/mol. The van der Waals surface area contributed by atoms with E-state index in [2.05, 4.69) is 11.6 Å². The molecular formula is C11H20N2O3S. The summed E-state index contributed by atoms with van der Waals surface area (Å²) in [6, 6.07) is 1.59. The fourth-order valence-corrected chi connectivity index (χ4v) is 2.94. The van der Waals surface area contributed by atoms with E-state index < -0.39 is 21.4 Å². The van der Waals surface area contributed by atoms with Crippen LogP contribution in [0.3, 0.4) is 0 Å². The van der Waals surface area contributed by atoms with Gasteiger partial charge in [0.25, 0.3) is 0 Å². The van der Waals surface area contributed by atoms with Gasteiger partial charge in [-0.3, -0.25) is 0 Å². The van der Waals surface area contributed by atoms with Gasteiger partial charge in [0.05, 0.1) is 11.7 Å². The average molecular weight is 260 g/mol. The van der Waals surface area contributed by atoms with Crippen LogP contribution in [0.4, 0.5) is 0 Å². The average Bonchev–Trinajstić information content (AvgIpc) is 2.28. The largest absolute Gasteiger partial charge is 0.389 e. The van der Waals surface area contributed by atoms with Crippen LogP contribution >= 0.6 is 0 Å². The highest BCUT2D eigenvalue weighted by molar-refractivity contribution is 7.89. The number of rotatable bonds is 5. The molecule has 1 rings (SSSR count). The number of nitriles is 1. The number of aliphatic hydroxyl groups is 1. The molecule has 0 aromatic heterocycles. The Labute approximate surface area is 103 Å². The molecule has 0 saturated heterocycles. The number of nitrogens with zero attached hydrogens (tertiary/aromatic N) is 1. The lowest BCUT2D eigenvalue weighted by molar-refractivity contribution is -0.00441. The molecule has 17 heavy (non-hydrogen) atoms. The number of hydrogen-bond acceptors (Lipinski definition) is 4. The smallest absolute Gasteiger partial charge is 0.225 e. The standard InChI is InChI=1S/C11H20N2O3S/c1-2-10-3-5-11(14,6-4-10)9-13-17(15,16)8-7-12/h10,13-14H,2-6,8-9H2,1H3. The Morgan fingerprint density at radius 2 is 2.06 bits per heavy atom.